The van der Waals surface area contributed by atoms with E-state index in [0.717, 1.165) is 57.2 Å². The van der Waals surface area contributed by atoms with Gasteiger partial charge >= 0.3 is 0 Å². The molecular weight excluding hydrogens is 360 g/mol. The van der Waals surface area contributed by atoms with Crippen molar-refractivity contribution >= 4 is 5.91 Å². The number of hydrogen-bond donors (Lipinski definition) is 0. The average molecular weight is 403 g/mol. The highest BCUT2D eigenvalue weighted by Crippen LogP contribution is 2.25. The molecule has 1 aromatic heterocycles. The SMILES string of the molecule is Cc1nn(CC(C)C)c(C)c1CCC(=O)N1CCCN(CC2CCCCC2)CC1. The zero-order valence-electron chi connectivity index (χ0n) is 19.3. The van der Waals surface area contributed by atoms with Crippen LogP contribution in [-0.2, 0) is 17.8 Å². The molecule has 0 unspecified atom stereocenters. The Kier molecular flexibility index (Phi) is 8.16. The lowest BCUT2D eigenvalue weighted by Gasteiger charge is -2.28. The lowest BCUT2D eigenvalue weighted by molar-refractivity contribution is -0.131. The van der Waals surface area contributed by atoms with Crippen molar-refractivity contribution in [1.29, 1.82) is 0 Å². The Balaban J connectivity index is 1.48. The molecule has 0 radical (unpaired) electrons. The largest absolute Gasteiger partial charge is 0.341 e. The first-order chi connectivity index (χ1) is 13.9. The van der Waals surface area contributed by atoms with E-state index in [9.17, 15) is 4.79 Å². The summed E-state index contributed by atoms with van der Waals surface area (Å²) in [5, 5.41) is 4.71. The smallest absolute Gasteiger partial charge is 0.222 e. The molecule has 164 valence electrons. The minimum Gasteiger partial charge on any atom is -0.341 e. The van der Waals surface area contributed by atoms with Crippen LogP contribution in [0.1, 0.15) is 75.7 Å². The molecule has 0 atom stereocenters. The first-order valence-electron chi connectivity index (χ1n) is 12.0. The van der Waals surface area contributed by atoms with Crippen LogP contribution in [0.2, 0.25) is 0 Å². The highest BCUT2D eigenvalue weighted by Gasteiger charge is 2.23. The summed E-state index contributed by atoms with van der Waals surface area (Å²) in [6.45, 7) is 14.9. The Labute approximate surface area is 177 Å². The second-order valence-corrected chi connectivity index (χ2v) is 9.76. The van der Waals surface area contributed by atoms with E-state index < -0.39 is 0 Å². The average Bonchev–Trinajstić information content (AvgIpc) is 2.85. The fourth-order valence-corrected chi connectivity index (χ4v) is 5.15. The lowest BCUT2D eigenvalue weighted by Crippen LogP contribution is -2.37. The lowest BCUT2D eigenvalue weighted by atomic mass is 9.89. The Morgan fingerprint density at radius 3 is 2.52 bits per heavy atom. The monoisotopic (exact) mass is 402 g/mol. The molecule has 1 aliphatic heterocycles. The highest BCUT2D eigenvalue weighted by atomic mass is 16.2. The van der Waals surface area contributed by atoms with Crippen molar-refractivity contribution in [1.82, 2.24) is 19.6 Å². The summed E-state index contributed by atoms with van der Waals surface area (Å²) in [5.74, 6) is 1.79. The molecule has 0 N–H and O–H groups in total. The molecule has 1 aromatic rings. The van der Waals surface area contributed by atoms with E-state index in [0.29, 0.717) is 18.2 Å². The van der Waals surface area contributed by atoms with Gasteiger partial charge in [-0.2, -0.15) is 5.10 Å². The summed E-state index contributed by atoms with van der Waals surface area (Å²) in [7, 11) is 0. The van der Waals surface area contributed by atoms with Gasteiger partial charge in [-0.15, -0.1) is 0 Å². The summed E-state index contributed by atoms with van der Waals surface area (Å²) < 4.78 is 2.12. The second kappa shape index (κ2) is 10.6. The number of hydrogen-bond acceptors (Lipinski definition) is 3. The molecule has 1 saturated carbocycles. The molecule has 2 fully saturated rings. The van der Waals surface area contributed by atoms with E-state index in [1.165, 1.54) is 49.9 Å². The van der Waals surface area contributed by atoms with Gasteiger partial charge in [0.25, 0.3) is 0 Å². The summed E-state index contributed by atoms with van der Waals surface area (Å²) in [5.41, 5.74) is 3.59. The fraction of sp³-hybridized carbons (Fsp3) is 0.833. The van der Waals surface area contributed by atoms with Crippen molar-refractivity contribution in [3.63, 3.8) is 0 Å². The van der Waals surface area contributed by atoms with Crippen molar-refractivity contribution in [3.05, 3.63) is 17.0 Å². The zero-order chi connectivity index (χ0) is 20.8. The Hall–Kier alpha value is -1.36. The van der Waals surface area contributed by atoms with Crippen molar-refractivity contribution in [2.75, 3.05) is 32.7 Å². The van der Waals surface area contributed by atoms with Crippen LogP contribution >= 0.6 is 0 Å². The summed E-state index contributed by atoms with van der Waals surface area (Å²) in [4.78, 5) is 17.6. The summed E-state index contributed by atoms with van der Waals surface area (Å²) >= 11 is 0. The van der Waals surface area contributed by atoms with Gasteiger partial charge in [0.1, 0.15) is 0 Å². The number of carbonyl (C=O) groups is 1. The van der Waals surface area contributed by atoms with Crippen molar-refractivity contribution < 1.29 is 4.79 Å². The normalized spacial score (nSPS) is 19.7. The first kappa shape index (κ1) is 22.3. The third kappa shape index (κ3) is 6.31. The van der Waals surface area contributed by atoms with Gasteiger partial charge in [0.15, 0.2) is 0 Å². The maximum absolute atomic E-state index is 12.9. The molecule has 0 aromatic carbocycles. The molecule has 2 heterocycles. The first-order valence-corrected chi connectivity index (χ1v) is 12.0. The van der Waals surface area contributed by atoms with Crippen LogP contribution in [-0.4, -0.2) is 58.2 Å². The number of carbonyl (C=O) groups excluding carboxylic acids is 1. The van der Waals surface area contributed by atoms with Crippen LogP contribution in [0.3, 0.4) is 0 Å². The topological polar surface area (TPSA) is 41.4 Å². The molecule has 1 saturated heterocycles. The van der Waals surface area contributed by atoms with Crippen LogP contribution in [0, 0.1) is 25.7 Å². The molecule has 1 aliphatic carbocycles. The molecule has 5 nitrogen and oxygen atoms in total. The number of amides is 1. The molecule has 29 heavy (non-hydrogen) atoms. The number of rotatable bonds is 7. The molecular formula is C24H42N4O. The maximum Gasteiger partial charge on any atom is 0.222 e. The molecule has 0 bridgehead atoms. The van der Waals surface area contributed by atoms with E-state index in [4.69, 9.17) is 5.10 Å². The number of nitrogens with zero attached hydrogens (tertiary/aromatic N) is 4. The molecule has 0 spiro atoms. The van der Waals surface area contributed by atoms with Crippen LogP contribution in [0.4, 0.5) is 0 Å². The van der Waals surface area contributed by atoms with Crippen LogP contribution < -0.4 is 0 Å². The molecule has 5 heteroatoms. The Morgan fingerprint density at radius 1 is 1.03 bits per heavy atom. The molecule has 2 aliphatic rings. The standard InChI is InChI=1S/C24H42N4O/c1-19(2)17-28-21(4)23(20(3)25-28)11-12-24(29)27-14-8-13-26(15-16-27)18-22-9-6-5-7-10-22/h19,22H,5-18H2,1-4H3. The predicted molar refractivity (Wildman–Crippen MR) is 119 cm³/mol. The van der Waals surface area contributed by atoms with Gasteiger partial charge in [0, 0.05) is 44.8 Å². The number of aromatic nitrogens is 2. The van der Waals surface area contributed by atoms with Gasteiger partial charge < -0.3 is 9.80 Å². The number of aryl methyl sites for hydroxylation is 1. The predicted octanol–water partition coefficient (Wildman–Crippen LogP) is 4.20. The zero-order valence-corrected chi connectivity index (χ0v) is 19.3. The minimum absolute atomic E-state index is 0.319. The van der Waals surface area contributed by atoms with Gasteiger partial charge in [-0.25, -0.2) is 0 Å². The van der Waals surface area contributed by atoms with Gasteiger partial charge in [0.2, 0.25) is 5.91 Å². The van der Waals surface area contributed by atoms with Crippen molar-refractivity contribution in [2.45, 2.75) is 85.6 Å². The van der Waals surface area contributed by atoms with Gasteiger partial charge in [-0.05, 0) is 63.5 Å². The van der Waals surface area contributed by atoms with E-state index in [1.807, 2.05) is 0 Å². The van der Waals surface area contributed by atoms with Gasteiger partial charge in [-0.3, -0.25) is 9.48 Å². The Morgan fingerprint density at radius 2 is 1.79 bits per heavy atom. The molecule has 3 rings (SSSR count). The van der Waals surface area contributed by atoms with E-state index in [1.54, 1.807) is 0 Å². The molecule has 1 amide bonds. The maximum atomic E-state index is 12.9. The summed E-state index contributed by atoms with van der Waals surface area (Å²) in [6.07, 6.45) is 9.60. The highest BCUT2D eigenvalue weighted by molar-refractivity contribution is 5.76. The van der Waals surface area contributed by atoms with Crippen molar-refractivity contribution in [2.24, 2.45) is 11.8 Å². The van der Waals surface area contributed by atoms with Gasteiger partial charge in [-0.1, -0.05) is 33.1 Å². The van der Waals surface area contributed by atoms with E-state index in [2.05, 4.69) is 42.2 Å². The third-order valence-electron chi connectivity index (χ3n) is 6.84. The van der Waals surface area contributed by atoms with Crippen molar-refractivity contribution in [3.8, 4) is 0 Å². The van der Waals surface area contributed by atoms with Crippen LogP contribution in [0.15, 0.2) is 0 Å². The van der Waals surface area contributed by atoms with Crippen LogP contribution in [0.25, 0.3) is 0 Å². The van der Waals surface area contributed by atoms with E-state index in [-0.39, 0.29) is 0 Å². The third-order valence-corrected chi connectivity index (χ3v) is 6.84. The van der Waals surface area contributed by atoms with Gasteiger partial charge in [0.05, 0.1) is 5.69 Å². The van der Waals surface area contributed by atoms with Crippen LogP contribution in [0.5, 0.6) is 0 Å². The second-order valence-electron chi connectivity index (χ2n) is 9.76. The Bertz CT molecular complexity index is 660. The summed E-state index contributed by atoms with van der Waals surface area (Å²) in [6, 6.07) is 0. The fourth-order valence-electron chi connectivity index (χ4n) is 5.15. The minimum atomic E-state index is 0.319. The quantitative estimate of drug-likeness (QED) is 0.686. The van der Waals surface area contributed by atoms with E-state index >= 15 is 0 Å².